The molecule has 0 aliphatic rings. The second kappa shape index (κ2) is 8.65. The van der Waals surface area contributed by atoms with Crippen molar-refractivity contribution in [1.29, 1.82) is 5.26 Å². The van der Waals surface area contributed by atoms with Gasteiger partial charge in [-0.15, -0.1) is 0 Å². The summed E-state index contributed by atoms with van der Waals surface area (Å²) in [6.45, 7) is 8.11. The zero-order valence-electron chi connectivity index (χ0n) is 16.7. The molecule has 1 aromatic heterocycles. The number of nitrogens with one attached hydrogen (secondary N) is 1. The summed E-state index contributed by atoms with van der Waals surface area (Å²) in [6.07, 6.45) is 0.105. The molecule has 7 nitrogen and oxygen atoms in total. The molecule has 0 saturated carbocycles. The number of nitriles is 1. The van der Waals surface area contributed by atoms with Gasteiger partial charge < -0.3 is 19.4 Å². The predicted octanol–water partition coefficient (Wildman–Crippen LogP) is 4.29. The number of methoxy groups -OCH3 is 1. The first-order chi connectivity index (χ1) is 13.1. The van der Waals surface area contributed by atoms with Crippen molar-refractivity contribution < 1.29 is 19.1 Å². The van der Waals surface area contributed by atoms with Crippen LogP contribution in [0.3, 0.4) is 0 Å². The van der Waals surface area contributed by atoms with Crippen LogP contribution in [0.15, 0.2) is 16.6 Å². The summed E-state index contributed by atoms with van der Waals surface area (Å²) in [5, 5.41) is 12.8. The summed E-state index contributed by atoms with van der Waals surface area (Å²) in [7, 11) is 1.34. The van der Waals surface area contributed by atoms with Crippen molar-refractivity contribution >= 4 is 38.9 Å². The lowest BCUT2D eigenvalue weighted by Crippen LogP contribution is -2.33. The average Bonchev–Trinajstić information content (AvgIpc) is 2.89. The molecule has 1 heterocycles. The van der Waals surface area contributed by atoms with Crippen LogP contribution in [0.2, 0.25) is 0 Å². The number of ether oxygens (including phenoxy) is 2. The van der Waals surface area contributed by atoms with Gasteiger partial charge in [0.25, 0.3) is 0 Å². The van der Waals surface area contributed by atoms with Gasteiger partial charge in [0.2, 0.25) is 0 Å². The number of nitrogens with zero attached hydrogens (tertiary/aromatic N) is 2. The van der Waals surface area contributed by atoms with Gasteiger partial charge in [0, 0.05) is 22.9 Å². The number of halogens is 1. The molecule has 2 aromatic rings. The Labute approximate surface area is 172 Å². The Balaban J connectivity index is 2.29. The summed E-state index contributed by atoms with van der Waals surface area (Å²) in [6, 6.07) is 5.61. The van der Waals surface area contributed by atoms with Crippen LogP contribution in [0.4, 0.5) is 4.79 Å². The second-order valence-electron chi connectivity index (χ2n) is 7.37. The lowest BCUT2D eigenvalue weighted by atomic mass is 10.1. The minimum Gasteiger partial charge on any atom is -0.464 e. The SMILES string of the molecule is COC(=O)c1c(C)c2cc(C#N)cc(Br)c2n1CCCNC(=O)OC(C)(C)C. The Kier molecular flexibility index (Phi) is 6.73. The predicted molar refractivity (Wildman–Crippen MR) is 109 cm³/mol. The third-order valence-electron chi connectivity index (χ3n) is 4.10. The van der Waals surface area contributed by atoms with Crippen LogP contribution >= 0.6 is 15.9 Å². The number of aromatic nitrogens is 1. The van der Waals surface area contributed by atoms with Crippen LogP contribution in [0.1, 0.15) is 48.8 Å². The van der Waals surface area contributed by atoms with E-state index in [1.807, 2.05) is 11.5 Å². The fraction of sp³-hybridized carbons (Fsp3) is 0.450. The first-order valence-electron chi connectivity index (χ1n) is 8.86. The van der Waals surface area contributed by atoms with Crippen LogP contribution in [0.5, 0.6) is 0 Å². The highest BCUT2D eigenvalue weighted by Crippen LogP contribution is 2.33. The number of esters is 1. The van der Waals surface area contributed by atoms with E-state index in [1.54, 1.807) is 32.9 Å². The molecule has 0 bridgehead atoms. The van der Waals surface area contributed by atoms with E-state index < -0.39 is 17.7 Å². The van der Waals surface area contributed by atoms with E-state index in [4.69, 9.17) is 9.47 Å². The number of hydrogen-bond acceptors (Lipinski definition) is 5. The van der Waals surface area contributed by atoms with E-state index in [-0.39, 0.29) is 0 Å². The highest BCUT2D eigenvalue weighted by Gasteiger charge is 2.23. The summed E-state index contributed by atoms with van der Waals surface area (Å²) < 4.78 is 12.8. The highest BCUT2D eigenvalue weighted by atomic mass is 79.9. The van der Waals surface area contributed by atoms with Gasteiger partial charge in [0.1, 0.15) is 11.3 Å². The van der Waals surface area contributed by atoms with E-state index in [0.717, 1.165) is 20.9 Å². The first-order valence-corrected chi connectivity index (χ1v) is 9.66. The number of rotatable bonds is 5. The molecule has 0 spiro atoms. The number of carbonyl (C=O) groups excluding carboxylic acids is 2. The third kappa shape index (κ3) is 4.84. The Bertz CT molecular complexity index is 951. The van der Waals surface area contributed by atoms with Crippen LogP contribution in [-0.2, 0) is 16.0 Å². The quantitative estimate of drug-likeness (QED) is 0.542. The molecule has 0 fully saturated rings. The second-order valence-corrected chi connectivity index (χ2v) is 8.22. The Morgan fingerprint density at radius 2 is 2.00 bits per heavy atom. The maximum absolute atomic E-state index is 12.4. The van der Waals surface area contributed by atoms with Gasteiger partial charge in [-0.2, -0.15) is 5.26 Å². The minimum atomic E-state index is -0.556. The average molecular weight is 450 g/mol. The monoisotopic (exact) mass is 449 g/mol. The molecule has 0 aliphatic carbocycles. The Morgan fingerprint density at radius 3 is 2.57 bits per heavy atom. The van der Waals surface area contributed by atoms with Gasteiger partial charge in [0.15, 0.2) is 0 Å². The van der Waals surface area contributed by atoms with Gasteiger partial charge in [-0.3, -0.25) is 0 Å². The molecule has 150 valence electrons. The van der Waals surface area contributed by atoms with Gasteiger partial charge in [-0.05, 0) is 67.7 Å². The maximum Gasteiger partial charge on any atom is 0.407 e. The van der Waals surface area contributed by atoms with Gasteiger partial charge >= 0.3 is 12.1 Å². The lowest BCUT2D eigenvalue weighted by molar-refractivity contribution is 0.0523. The van der Waals surface area contributed by atoms with Crippen molar-refractivity contribution in [3.05, 3.63) is 33.4 Å². The van der Waals surface area contributed by atoms with Crippen LogP contribution in [-0.4, -0.2) is 35.9 Å². The highest BCUT2D eigenvalue weighted by molar-refractivity contribution is 9.10. The van der Waals surface area contributed by atoms with Crippen molar-refractivity contribution in [2.75, 3.05) is 13.7 Å². The van der Waals surface area contributed by atoms with E-state index >= 15 is 0 Å². The number of hydrogen-bond donors (Lipinski definition) is 1. The van der Waals surface area contributed by atoms with E-state index in [2.05, 4.69) is 27.3 Å². The first kappa shape index (κ1) is 21.8. The molecule has 1 amide bonds. The zero-order chi connectivity index (χ0) is 21.1. The van der Waals surface area contributed by atoms with E-state index in [9.17, 15) is 14.9 Å². The molecular formula is C20H24BrN3O4. The number of fused-ring (bicyclic) bond motifs is 1. The number of benzene rings is 1. The molecule has 0 atom stereocenters. The fourth-order valence-electron chi connectivity index (χ4n) is 2.99. The largest absolute Gasteiger partial charge is 0.464 e. The smallest absolute Gasteiger partial charge is 0.407 e. The molecule has 2 rings (SSSR count). The van der Waals surface area contributed by atoms with Crippen molar-refractivity contribution in [3.8, 4) is 6.07 Å². The molecule has 0 radical (unpaired) electrons. The lowest BCUT2D eigenvalue weighted by Gasteiger charge is -2.19. The zero-order valence-corrected chi connectivity index (χ0v) is 18.3. The van der Waals surface area contributed by atoms with E-state index in [0.29, 0.717) is 30.8 Å². The molecule has 1 N–H and O–H groups in total. The van der Waals surface area contributed by atoms with Crippen molar-refractivity contribution in [1.82, 2.24) is 9.88 Å². The molecule has 0 unspecified atom stereocenters. The summed E-state index contributed by atoms with van der Waals surface area (Å²) in [5.41, 5.74) is 1.95. The van der Waals surface area contributed by atoms with Crippen molar-refractivity contribution in [3.63, 3.8) is 0 Å². The normalized spacial score (nSPS) is 11.2. The fourth-order valence-corrected chi connectivity index (χ4v) is 3.67. The topological polar surface area (TPSA) is 93.4 Å². The van der Waals surface area contributed by atoms with Gasteiger partial charge in [-0.1, -0.05) is 0 Å². The van der Waals surface area contributed by atoms with E-state index in [1.165, 1.54) is 7.11 Å². The third-order valence-corrected chi connectivity index (χ3v) is 4.70. The molecule has 28 heavy (non-hydrogen) atoms. The number of alkyl carbamates (subject to hydrolysis) is 1. The van der Waals surface area contributed by atoms with Gasteiger partial charge in [0.05, 0.1) is 24.3 Å². The molecule has 1 aromatic carbocycles. The summed E-state index contributed by atoms with van der Waals surface area (Å²) in [4.78, 5) is 24.2. The molecule has 0 aliphatic heterocycles. The van der Waals surface area contributed by atoms with Crippen LogP contribution in [0.25, 0.3) is 10.9 Å². The Morgan fingerprint density at radius 1 is 1.32 bits per heavy atom. The summed E-state index contributed by atoms with van der Waals surface area (Å²) in [5.74, 6) is -0.445. The van der Waals surface area contributed by atoms with Crippen molar-refractivity contribution in [2.45, 2.75) is 46.3 Å². The molecular weight excluding hydrogens is 426 g/mol. The number of carbonyl (C=O) groups is 2. The van der Waals surface area contributed by atoms with Crippen LogP contribution < -0.4 is 5.32 Å². The maximum atomic E-state index is 12.4. The standard InChI is InChI=1S/C20H24BrN3O4/c1-12-14-9-13(11-22)10-15(21)17(14)24(16(12)18(25)27-5)8-6-7-23-19(26)28-20(2,3)4/h9-10H,6-8H2,1-5H3,(H,23,26). The molecule has 8 heteroatoms. The Hall–Kier alpha value is -2.53. The summed E-state index contributed by atoms with van der Waals surface area (Å²) >= 11 is 3.51. The van der Waals surface area contributed by atoms with Crippen LogP contribution in [0, 0.1) is 18.3 Å². The number of amides is 1. The van der Waals surface area contributed by atoms with Gasteiger partial charge in [-0.25, -0.2) is 9.59 Å². The minimum absolute atomic E-state index is 0.391. The van der Waals surface area contributed by atoms with Crippen molar-refractivity contribution in [2.24, 2.45) is 0 Å². The molecule has 0 saturated heterocycles. The number of aryl methyl sites for hydroxylation is 2.